The van der Waals surface area contributed by atoms with Crippen molar-refractivity contribution in [3.05, 3.63) is 89.6 Å². The zero-order valence-corrected chi connectivity index (χ0v) is 31.7. The van der Waals surface area contributed by atoms with Gasteiger partial charge in [-0.2, -0.15) is 15.2 Å². The molecule has 0 N–H and O–H groups in total. The van der Waals surface area contributed by atoms with Gasteiger partial charge in [0.05, 0.1) is 36.3 Å². The molecule has 4 aromatic rings. The molecule has 3 aliphatic rings. The van der Waals surface area contributed by atoms with Gasteiger partial charge in [-0.15, -0.1) is 0 Å². The number of piperazine rings is 1. The Morgan fingerprint density at radius 3 is 2.50 bits per heavy atom. The normalized spacial score (nSPS) is 20.0. The van der Waals surface area contributed by atoms with Gasteiger partial charge in [-0.1, -0.05) is 66.7 Å². The Balaban J connectivity index is 1.16. The van der Waals surface area contributed by atoms with Crippen LogP contribution in [-0.4, -0.2) is 88.5 Å². The number of nitriles is 1. The third-order valence-corrected chi connectivity index (χ3v) is 10.6. The lowest BCUT2D eigenvalue weighted by Gasteiger charge is -2.42. The molecule has 3 aliphatic heterocycles. The summed E-state index contributed by atoms with van der Waals surface area (Å²) in [6, 6.07) is 26.5. The summed E-state index contributed by atoms with van der Waals surface area (Å²) in [6.07, 6.45) is 1.68. The van der Waals surface area contributed by atoms with Crippen LogP contribution in [0.15, 0.2) is 72.8 Å². The zero-order valence-electron chi connectivity index (χ0n) is 31.7. The maximum atomic E-state index is 13.3. The predicted molar refractivity (Wildman–Crippen MR) is 206 cm³/mol. The zero-order chi connectivity index (χ0) is 37.9. The highest BCUT2D eigenvalue weighted by Gasteiger charge is 2.43. The van der Waals surface area contributed by atoms with E-state index < -0.39 is 23.3 Å². The van der Waals surface area contributed by atoms with E-state index in [9.17, 15) is 14.9 Å². The maximum Gasteiger partial charge on any atom is 0.410 e. The van der Waals surface area contributed by atoms with E-state index in [1.165, 1.54) is 10.8 Å². The van der Waals surface area contributed by atoms with Crippen LogP contribution >= 0.6 is 0 Å². The first-order valence-corrected chi connectivity index (χ1v) is 18.9. The Hall–Kier alpha value is -5.57. The van der Waals surface area contributed by atoms with Gasteiger partial charge in [-0.25, -0.2) is 9.59 Å². The van der Waals surface area contributed by atoms with Crippen LogP contribution in [0.1, 0.15) is 63.8 Å². The van der Waals surface area contributed by atoms with Crippen LogP contribution in [-0.2, 0) is 29.0 Å². The van der Waals surface area contributed by atoms with Crippen LogP contribution in [0.5, 0.6) is 6.01 Å². The van der Waals surface area contributed by atoms with Gasteiger partial charge in [0, 0.05) is 49.4 Å². The number of hydrogen-bond acceptors (Lipinski definition) is 10. The average Bonchev–Trinajstić information content (AvgIpc) is 3.57. The number of anilines is 2. The molecule has 7 rings (SSSR count). The number of carbonyl (C=O) groups is 2. The molecule has 2 unspecified atom stereocenters. The molecule has 2 atom stereocenters. The van der Waals surface area contributed by atoms with Gasteiger partial charge < -0.3 is 28.9 Å². The molecule has 3 aromatic carbocycles. The molecule has 0 radical (unpaired) electrons. The summed E-state index contributed by atoms with van der Waals surface area (Å²) < 4.78 is 17.9. The number of fused-ring (bicyclic) bond motifs is 2. The van der Waals surface area contributed by atoms with E-state index in [0.717, 1.165) is 47.7 Å². The number of amides is 2. The molecule has 0 saturated carbocycles. The third-order valence-electron chi connectivity index (χ3n) is 10.6. The van der Waals surface area contributed by atoms with Crippen molar-refractivity contribution in [2.24, 2.45) is 0 Å². The largest absolute Gasteiger partial charge is 0.461 e. The summed E-state index contributed by atoms with van der Waals surface area (Å²) in [5.74, 6) is 0.758. The average molecular weight is 732 g/mol. The Bertz CT molecular complexity index is 2020. The van der Waals surface area contributed by atoms with Crippen molar-refractivity contribution >= 4 is 34.5 Å². The van der Waals surface area contributed by atoms with Crippen LogP contribution in [0.4, 0.5) is 21.1 Å². The lowest BCUT2D eigenvalue weighted by molar-refractivity contribution is 0.00162. The Morgan fingerprint density at radius 1 is 0.926 bits per heavy atom. The molecule has 2 amide bonds. The molecule has 54 heavy (non-hydrogen) atoms. The SMILES string of the molecule is CC(C)(C)OC(=O)N1CCCC1(C)COc1nc2c(c(N3CCN(C(=O)OCc4ccccc4)C(CC#N)C3)n1)CCN(c1cccc3ccccc13)C2. The second-order valence-corrected chi connectivity index (χ2v) is 15.6. The minimum Gasteiger partial charge on any atom is -0.461 e. The van der Waals surface area contributed by atoms with E-state index in [4.69, 9.17) is 24.2 Å². The smallest absolute Gasteiger partial charge is 0.410 e. The Morgan fingerprint density at radius 2 is 1.70 bits per heavy atom. The van der Waals surface area contributed by atoms with Crippen LogP contribution < -0.4 is 14.5 Å². The van der Waals surface area contributed by atoms with Crippen molar-refractivity contribution in [2.75, 3.05) is 49.1 Å². The number of benzene rings is 3. The molecule has 0 bridgehead atoms. The molecule has 1 aromatic heterocycles. The number of aromatic nitrogens is 2. The summed E-state index contributed by atoms with van der Waals surface area (Å²) in [5.41, 5.74) is 2.75. The highest BCUT2D eigenvalue weighted by atomic mass is 16.6. The lowest BCUT2D eigenvalue weighted by Crippen LogP contribution is -2.56. The van der Waals surface area contributed by atoms with Crippen molar-refractivity contribution in [3.8, 4) is 12.1 Å². The Labute approximate surface area is 317 Å². The molecule has 12 nitrogen and oxygen atoms in total. The monoisotopic (exact) mass is 731 g/mol. The Kier molecular flexibility index (Phi) is 10.5. The predicted octanol–water partition coefficient (Wildman–Crippen LogP) is 7.10. The van der Waals surface area contributed by atoms with Crippen LogP contribution in [0.25, 0.3) is 10.8 Å². The molecule has 0 aliphatic carbocycles. The van der Waals surface area contributed by atoms with Crippen molar-refractivity contribution in [1.82, 2.24) is 19.8 Å². The number of ether oxygens (including phenoxy) is 3. The number of likely N-dealkylation sites (tertiary alicyclic amines) is 1. The first-order valence-electron chi connectivity index (χ1n) is 18.9. The summed E-state index contributed by atoms with van der Waals surface area (Å²) in [7, 11) is 0. The first-order chi connectivity index (χ1) is 26.0. The quantitative estimate of drug-likeness (QED) is 0.185. The van der Waals surface area contributed by atoms with E-state index in [2.05, 4.69) is 58.3 Å². The lowest BCUT2D eigenvalue weighted by atomic mass is 10.0. The minimum absolute atomic E-state index is 0.154. The fraction of sp³-hybridized carbons (Fsp3) is 0.452. The van der Waals surface area contributed by atoms with Gasteiger partial charge in [0.1, 0.15) is 24.6 Å². The molecule has 4 heterocycles. The van der Waals surface area contributed by atoms with Gasteiger partial charge in [0.25, 0.3) is 0 Å². The van der Waals surface area contributed by atoms with Gasteiger partial charge >= 0.3 is 18.2 Å². The van der Waals surface area contributed by atoms with Crippen molar-refractivity contribution in [3.63, 3.8) is 0 Å². The topological polar surface area (TPSA) is 124 Å². The summed E-state index contributed by atoms with van der Waals surface area (Å²) in [5, 5.41) is 12.2. The maximum absolute atomic E-state index is 13.3. The standard InChI is InChI=1S/C42H49N7O5/c1-41(2,3)54-40(51)49-22-11-20-42(49,4)29-53-38-44-35-27-46(36-17-10-15-31-14-8-9-16-33(31)36)23-19-34(35)37(45-38)47-24-25-48(32(26-47)18-21-43)39(50)52-28-30-12-6-5-7-13-30/h5-10,12-17,32H,11,18-20,22-29H2,1-4H3. The van der Waals surface area contributed by atoms with E-state index in [0.29, 0.717) is 39.1 Å². The highest BCUT2D eigenvalue weighted by molar-refractivity contribution is 5.94. The van der Waals surface area contributed by atoms with Crippen LogP contribution in [0.3, 0.4) is 0 Å². The van der Waals surface area contributed by atoms with Crippen LogP contribution in [0.2, 0.25) is 0 Å². The molecule has 0 spiro atoms. The van der Waals surface area contributed by atoms with Crippen molar-refractivity contribution < 1.29 is 23.8 Å². The van der Waals surface area contributed by atoms with Gasteiger partial charge in [0.15, 0.2) is 0 Å². The van der Waals surface area contributed by atoms with Crippen LogP contribution in [0, 0.1) is 11.3 Å². The first kappa shape index (κ1) is 36.8. The minimum atomic E-state index is -0.611. The molecule has 12 heteroatoms. The van der Waals surface area contributed by atoms with Gasteiger partial charge in [-0.3, -0.25) is 4.90 Å². The molecule has 2 saturated heterocycles. The van der Waals surface area contributed by atoms with E-state index in [1.54, 1.807) is 9.80 Å². The summed E-state index contributed by atoms with van der Waals surface area (Å²) in [4.78, 5) is 44.6. The second kappa shape index (κ2) is 15.4. The fourth-order valence-electron chi connectivity index (χ4n) is 7.80. The summed E-state index contributed by atoms with van der Waals surface area (Å²) >= 11 is 0. The molecular formula is C42H49N7O5. The summed E-state index contributed by atoms with van der Waals surface area (Å²) in [6.45, 7) is 11.2. The van der Waals surface area contributed by atoms with Crippen molar-refractivity contribution in [1.29, 1.82) is 5.26 Å². The molecular weight excluding hydrogens is 683 g/mol. The molecule has 2 fully saturated rings. The van der Waals surface area contributed by atoms with E-state index >= 15 is 0 Å². The number of hydrogen-bond donors (Lipinski definition) is 0. The molecule has 282 valence electrons. The number of rotatable bonds is 8. The van der Waals surface area contributed by atoms with E-state index in [1.807, 2.05) is 58.0 Å². The number of nitrogens with zero attached hydrogens (tertiary/aromatic N) is 7. The van der Waals surface area contributed by atoms with E-state index in [-0.39, 0.29) is 31.7 Å². The highest BCUT2D eigenvalue weighted by Crippen LogP contribution is 2.36. The van der Waals surface area contributed by atoms with Gasteiger partial charge in [-0.05, 0) is 64.0 Å². The third kappa shape index (κ3) is 8.00. The van der Waals surface area contributed by atoms with Crippen molar-refractivity contribution in [2.45, 2.75) is 83.7 Å². The van der Waals surface area contributed by atoms with Gasteiger partial charge in [0.2, 0.25) is 0 Å². The second-order valence-electron chi connectivity index (χ2n) is 15.6. The fourth-order valence-corrected chi connectivity index (χ4v) is 7.80. The number of carbonyl (C=O) groups excluding carboxylic acids is 2.